The minimum atomic E-state index is -0.311. The monoisotopic (exact) mass is 1270 g/mol. The number of hydrogen-bond acceptors (Lipinski definition) is 12. The van der Waals surface area contributed by atoms with Gasteiger partial charge in [-0.1, -0.05) is 182 Å². The molecule has 12 bridgehead atoms. The third kappa shape index (κ3) is 12.9. The van der Waals surface area contributed by atoms with Crippen LogP contribution in [0.2, 0.25) is 0 Å². The van der Waals surface area contributed by atoms with E-state index in [1.807, 2.05) is 0 Å². The molecule has 14 heteroatoms. The predicted octanol–water partition coefficient (Wildman–Crippen LogP) is 21.4. The normalized spacial score (nSPS) is 16.9. The molecule has 2 N–H and O–H groups in total. The molecule has 6 aliphatic rings. The molecular weight excluding hydrogens is 1170 g/mol. The van der Waals surface area contributed by atoms with Gasteiger partial charge in [-0.3, -0.25) is 0 Å². The van der Waals surface area contributed by atoms with Crippen LogP contribution in [0.1, 0.15) is 278 Å². The molecule has 4 atom stereocenters. The summed E-state index contributed by atoms with van der Waals surface area (Å²) in [5.41, 5.74) is 15.1. The van der Waals surface area contributed by atoms with Crippen molar-refractivity contribution in [3.05, 3.63) is 93.1 Å². The highest BCUT2D eigenvalue weighted by Crippen LogP contribution is 2.63. The molecule has 0 spiro atoms. The number of benzene rings is 4. The predicted molar refractivity (Wildman–Crippen MR) is 380 cm³/mol. The minimum absolute atomic E-state index is 0.311. The summed E-state index contributed by atoms with van der Waals surface area (Å²) >= 11 is 0. The first-order valence-electron chi connectivity index (χ1n) is 37.1. The van der Waals surface area contributed by atoms with Gasteiger partial charge in [-0.25, -0.2) is 29.9 Å². The van der Waals surface area contributed by atoms with Gasteiger partial charge in [-0.15, -0.1) is 0 Å². The second-order valence-corrected chi connectivity index (χ2v) is 27.2. The first-order chi connectivity index (χ1) is 46.3. The zero-order valence-electron chi connectivity index (χ0n) is 57.7. The lowest BCUT2D eigenvalue weighted by Gasteiger charge is -2.22. The van der Waals surface area contributed by atoms with Gasteiger partial charge in [-0.05, 0) is 124 Å². The number of aromatic amines is 2. The van der Waals surface area contributed by atoms with Gasteiger partial charge in [0.2, 0.25) is 0 Å². The fraction of sp³-hybridized carbons (Fsp3) is 0.550. The lowest BCUT2D eigenvalue weighted by Crippen LogP contribution is -2.09. The third-order valence-corrected chi connectivity index (χ3v) is 20.2. The molecule has 9 heterocycles. The molecule has 498 valence electrons. The smallest absolute Gasteiger partial charge is 0.168 e. The van der Waals surface area contributed by atoms with Crippen molar-refractivity contribution in [2.75, 3.05) is 26.4 Å². The number of aromatic nitrogens is 8. The fourth-order valence-corrected chi connectivity index (χ4v) is 15.0. The molecule has 0 unspecified atom stereocenters. The highest BCUT2D eigenvalue weighted by molar-refractivity contribution is 6.08. The van der Waals surface area contributed by atoms with Crippen LogP contribution in [-0.2, 0) is 35.2 Å². The molecule has 94 heavy (non-hydrogen) atoms. The van der Waals surface area contributed by atoms with E-state index in [0.717, 1.165) is 192 Å². The summed E-state index contributed by atoms with van der Waals surface area (Å²) in [6.07, 6.45) is 37.4. The molecule has 0 saturated heterocycles. The maximum atomic E-state index is 7.18. The van der Waals surface area contributed by atoms with Crippen LogP contribution >= 0.6 is 0 Å². The van der Waals surface area contributed by atoms with Gasteiger partial charge >= 0.3 is 0 Å². The average Bonchev–Trinajstić information content (AvgIpc) is 1.54. The summed E-state index contributed by atoms with van der Waals surface area (Å²) in [7, 11) is 0. The van der Waals surface area contributed by atoms with Gasteiger partial charge in [0, 0.05) is 43.8 Å². The summed E-state index contributed by atoms with van der Waals surface area (Å²) < 4.78 is 42.4. The zero-order chi connectivity index (χ0) is 64.7. The molecular formula is C80H102N8O6. The summed E-state index contributed by atoms with van der Waals surface area (Å²) in [5, 5.41) is 3.88. The van der Waals surface area contributed by atoms with Crippen molar-refractivity contribution < 1.29 is 28.4 Å². The molecule has 0 amide bonds. The van der Waals surface area contributed by atoms with E-state index in [-0.39, 0.29) is 24.4 Å². The number of unbranched alkanes of at least 4 members (excludes halogenated alkanes) is 16. The van der Waals surface area contributed by atoms with Crippen LogP contribution in [0.3, 0.4) is 0 Å². The molecule has 7 aromatic rings. The number of ether oxygens (including phenoxy) is 6. The highest BCUT2D eigenvalue weighted by atomic mass is 16.5. The van der Waals surface area contributed by atoms with Crippen molar-refractivity contribution in [1.82, 2.24) is 39.9 Å². The van der Waals surface area contributed by atoms with Crippen LogP contribution < -0.4 is 18.9 Å². The average molecular weight is 1270 g/mol. The molecule has 6 aliphatic heterocycles. The second-order valence-electron chi connectivity index (χ2n) is 27.2. The quantitative estimate of drug-likeness (QED) is 0.0283. The van der Waals surface area contributed by atoms with Gasteiger partial charge in [0.05, 0.1) is 48.7 Å². The Morgan fingerprint density at radius 2 is 0.532 bits per heavy atom. The number of fused-ring (bicyclic) bond motifs is 30. The maximum Gasteiger partial charge on any atom is 0.168 e. The van der Waals surface area contributed by atoms with Gasteiger partial charge in [0.1, 0.15) is 70.0 Å². The Labute approximate surface area is 557 Å². The van der Waals surface area contributed by atoms with Crippen LogP contribution in [0.15, 0.2) is 48.6 Å². The molecule has 3 aromatic heterocycles. The largest absolute Gasteiger partial charge is 0.492 e. The summed E-state index contributed by atoms with van der Waals surface area (Å²) in [6, 6.07) is 9.65. The number of nitrogens with one attached hydrogen (secondary N) is 2. The van der Waals surface area contributed by atoms with E-state index in [2.05, 4.69) is 114 Å². The maximum absolute atomic E-state index is 7.18. The first-order valence-corrected chi connectivity index (χ1v) is 37.1. The standard InChI is InChI=1S/C80H102N8O6/c1-9-17-25-29-33-49-45-53-54(46-50(49)34-30-26-18-10-2)74-81-73(53)83-77-65-66(70(90-42-22-14-6)62-58-38-37-57(93-58)61(62)69(65)89-41-21-13-5)79(87-77)85-75-55-47-51(35-31-27-19-11-3)52(36-32-28-20-12-4)48-56(55)76(82-75)86-80-68-67(78(84-74)88-80)71(91-43-23-15-7)63-59-39-40-60(94-59)64(63)72(68)92-44-24-16-8/h37-40,45-48,57-60H,9-36,41-44H2,1-8H3,(H2,81,82,83,84,85,86,87,88)/t57-,58+,59+,60-. The number of aryl methyl sites for hydroxylation is 4. The van der Waals surface area contributed by atoms with Crippen LogP contribution in [-0.4, -0.2) is 66.3 Å². The number of H-pyrrole nitrogens is 2. The molecule has 14 nitrogen and oxygen atoms in total. The van der Waals surface area contributed by atoms with E-state index < -0.39 is 0 Å². The SMILES string of the molecule is CCCCCCc1cc2c3nc4nc(nc5[nH]c(nc6nc(nc([nH]3)c2cc1CCCCCC)-c1c(OCCCC)c2c(c(OCCCC)c1-6)[C@@H]1C=C[C@H]2O1)c1cc(CCCCCC)c(CCCCCC)cc51)-c1c(OCCCC)c2c(c(OCCCC)c1-4)[C@@H]1C=C[C@H]2O1. The Morgan fingerprint density at radius 1 is 0.298 bits per heavy atom. The van der Waals surface area contributed by atoms with E-state index in [1.165, 1.54) is 99.3 Å². The lowest BCUT2D eigenvalue weighted by atomic mass is 9.89. The van der Waals surface area contributed by atoms with Crippen molar-refractivity contribution in [3.63, 3.8) is 0 Å². The topological polar surface area (TPSA) is 164 Å². The number of rotatable bonds is 36. The molecule has 0 fully saturated rings. The Hall–Kier alpha value is -7.16. The minimum Gasteiger partial charge on any atom is -0.492 e. The van der Waals surface area contributed by atoms with Crippen molar-refractivity contribution in [3.8, 4) is 68.5 Å². The van der Waals surface area contributed by atoms with Gasteiger partial charge in [-0.2, -0.15) is 0 Å². The van der Waals surface area contributed by atoms with E-state index in [4.69, 9.17) is 58.3 Å². The number of nitrogens with zero attached hydrogens (tertiary/aromatic N) is 6. The van der Waals surface area contributed by atoms with E-state index in [1.54, 1.807) is 0 Å². The third-order valence-electron chi connectivity index (χ3n) is 20.2. The van der Waals surface area contributed by atoms with Crippen LogP contribution in [0, 0.1) is 0 Å². The van der Waals surface area contributed by atoms with Crippen molar-refractivity contribution >= 4 is 44.1 Å². The Kier molecular flexibility index (Phi) is 21.1. The zero-order valence-corrected chi connectivity index (χ0v) is 57.7. The lowest BCUT2D eigenvalue weighted by molar-refractivity contribution is 0.0854. The van der Waals surface area contributed by atoms with E-state index >= 15 is 0 Å². The summed E-state index contributed by atoms with van der Waals surface area (Å²) in [5.74, 6) is 4.92. The molecule has 4 aromatic carbocycles. The van der Waals surface area contributed by atoms with Crippen molar-refractivity contribution in [2.24, 2.45) is 0 Å². The highest BCUT2D eigenvalue weighted by Gasteiger charge is 2.47. The van der Waals surface area contributed by atoms with Crippen molar-refractivity contribution in [1.29, 1.82) is 0 Å². The second kappa shape index (κ2) is 30.3. The van der Waals surface area contributed by atoms with Crippen molar-refractivity contribution in [2.45, 2.75) is 260 Å². The van der Waals surface area contributed by atoms with E-state index in [9.17, 15) is 0 Å². The Balaban J connectivity index is 1.19. The van der Waals surface area contributed by atoms with E-state index in [0.29, 0.717) is 72.3 Å². The van der Waals surface area contributed by atoms with Gasteiger partial charge < -0.3 is 38.4 Å². The van der Waals surface area contributed by atoms with Gasteiger partial charge in [0.25, 0.3) is 0 Å². The summed E-state index contributed by atoms with van der Waals surface area (Å²) in [6.45, 7) is 20.0. The Bertz CT molecular complexity index is 3610. The van der Waals surface area contributed by atoms with Crippen LogP contribution in [0.4, 0.5) is 0 Å². The number of hydrogen-bond donors (Lipinski definition) is 2. The Morgan fingerprint density at radius 3 is 0.755 bits per heavy atom. The van der Waals surface area contributed by atoms with Crippen LogP contribution in [0.5, 0.6) is 23.0 Å². The van der Waals surface area contributed by atoms with Crippen LogP contribution in [0.25, 0.3) is 89.7 Å². The molecule has 0 aliphatic carbocycles. The molecule has 13 rings (SSSR count). The molecule has 0 radical (unpaired) electrons. The molecule has 0 saturated carbocycles. The van der Waals surface area contributed by atoms with Gasteiger partial charge in [0.15, 0.2) is 23.3 Å². The fourth-order valence-electron chi connectivity index (χ4n) is 15.0. The first kappa shape index (κ1) is 65.5. The summed E-state index contributed by atoms with van der Waals surface area (Å²) in [4.78, 5) is 42.6.